The molecule has 1 aliphatic heterocycles. The summed E-state index contributed by atoms with van der Waals surface area (Å²) in [6.45, 7) is 5.94. The molecule has 6 heteroatoms. The van der Waals surface area contributed by atoms with Crippen molar-refractivity contribution in [1.29, 1.82) is 0 Å². The molecule has 3 rings (SSSR count). The maximum Gasteiger partial charge on any atom is 0.293 e. The number of aryl methyl sites for hydroxylation is 1. The second-order valence-electron chi connectivity index (χ2n) is 7.54. The molecule has 1 N–H and O–H groups in total. The topological polar surface area (TPSA) is 75.5 Å². The molecule has 0 unspecified atom stereocenters. The number of nitrogens with zero attached hydrogens (tertiary/aromatic N) is 2. The highest BCUT2D eigenvalue weighted by Gasteiger charge is 2.32. The Labute approximate surface area is 148 Å². The maximum atomic E-state index is 12.5. The number of hydrogen-bond donors (Lipinski definition) is 1. The predicted molar refractivity (Wildman–Crippen MR) is 97.7 cm³/mol. The number of piperidine rings is 1. The van der Waals surface area contributed by atoms with Crippen molar-refractivity contribution < 1.29 is 9.72 Å². The lowest BCUT2D eigenvalue weighted by Crippen LogP contribution is -2.44. The zero-order valence-corrected chi connectivity index (χ0v) is 15.1. The van der Waals surface area contributed by atoms with E-state index in [9.17, 15) is 14.9 Å². The van der Waals surface area contributed by atoms with Crippen molar-refractivity contribution in [2.75, 3.05) is 25.0 Å². The number of benzene rings is 1. The van der Waals surface area contributed by atoms with E-state index in [4.69, 9.17) is 0 Å². The van der Waals surface area contributed by atoms with E-state index < -0.39 is 4.92 Å². The smallest absolute Gasteiger partial charge is 0.293 e. The third-order valence-electron chi connectivity index (χ3n) is 5.92. The predicted octanol–water partition coefficient (Wildman–Crippen LogP) is 3.66. The molecular weight excluding hydrogens is 318 g/mol. The van der Waals surface area contributed by atoms with Crippen LogP contribution >= 0.6 is 0 Å². The molecule has 6 nitrogen and oxygen atoms in total. The van der Waals surface area contributed by atoms with Gasteiger partial charge in [-0.1, -0.05) is 25.3 Å². The number of carbonyl (C=O) groups is 1. The van der Waals surface area contributed by atoms with Gasteiger partial charge in [0.15, 0.2) is 0 Å². The Morgan fingerprint density at radius 2 is 1.96 bits per heavy atom. The highest BCUT2D eigenvalue weighted by atomic mass is 16.6. The second-order valence-corrected chi connectivity index (χ2v) is 7.54. The molecule has 0 aromatic heterocycles. The van der Waals surface area contributed by atoms with Crippen LogP contribution < -0.4 is 5.32 Å². The summed E-state index contributed by atoms with van der Waals surface area (Å²) in [4.78, 5) is 25.5. The third-order valence-corrected chi connectivity index (χ3v) is 5.92. The summed E-state index contributed by atoms with van der Waals surface area (Å²) < 4.78 is 0. The standard InChI is InChI=1S/C19H27N3O3/c1-13-7-8-17(22(24)25)19(14(13)2)20-18(23)12-21-10-9-15-5-3-4-6-16(15)11-21/h7-8,15-16H,3-6,9-12H2,1-2H3,(H,20,23)/t15-,16-/m1/s1. The molecule has 0 spiro atoms. The van der Waals surface area contributed by atoms with Gasteiger partial charge < -0.3 is 5.32 Å². The van der Waals surface area contributed by atoms with Gasteiger partial charge in [0.2, 0.25) is 5.91 Å². The van der Waals surface area contributed by atoms with Gasteiger partial charge in [-0.25, -0.2) is 0 Å². The molecule has 1 aromatic carbocycles. The van der Waals surface area contributed by atoms with Gasteiger partial charge in [0.25, 0.3) is 5.69 Å². The second kappa shape index (κ2) is 7.52. The van der Waals surface area contributed by atoms with E-state index in [0.717, 1.165) is 30.1 Å². The van der Waals surface area contributed by atoms with Crippen LogP contribution in [0.1, 0.15) is 43.2 Å². The number of nitro groups is 1. The van der Waals surface area contributed by atoms with Crippen LogP contribution in [0.5, 0.6) is 0 Å². The van der Waals surface area contributed by atoms with Crippen molar-refractivity contribution in [3.8, 4) is 0 Å². The molecule has 2 atom stereocenters. The molecule has 2 fully saturated rings. The summed E-state index contributed by atoms with van der Waals surface area (Å²) >= 11 is 0. The number of rotatable bonds is 4. The average molecular weight is 345 g/mol. The van der Waals surface area contributed by atoms with Crippen LogP contribution in [-0.2, 0) is 4.79 Å². The number of hydrogen-bond acceptors (Lipinski definition) is 4. The fourth-order valence-corrected chi connectivity index (χ4v) is 4.31. The lowest BCUT2D eigenvalue weighted by Gasteiger charge is -2.41. The maximum absolute atomic E-state index is 12.5. The van der Waals surface area contributed by atoms with E-state index in [-0.39, 0.29) is 11.6 Å². The van der Waals surface area contributed by atoms with E-state index >= 15 is 0 Å². The minimum absolute atomic E-state index is 0.0394. The summed E-state index contributed by atoms with van der Waals surface area (Å²) in [6, 6.07) is 3.18. The van der Waals surface area contributed by atoms with E-state index in [0.29, 0.717) is 18.2 Å². The normalized spacial score (nSPS) is 23.8. The van der Waals surface area contributed by atoms with Crippen LogP contribution in [-0.4, -0.2) is 35.4 Å². The van der Waals surface area contributed by atoms with Crippen LogP contribution in [0.2, 0.25) is 0 Å². The van der Waals surface area contributed by atoms with E-state index in [1.54, 1.807) is 6.07 Å². The molecule has 0 radical (unpaired) electrons. The van der Waals surface area contributed by atoms with Crippen LogP contribution in [0.15, 0.2) is 12.1 Å². The Bertz CT molecular complexity index is 674. The van der Waals surface area contributed by atoms with E-state index in [1.807, 2.05) is 13.8 Å². The number of carbonyl (C=O) groups excluding carboxylic acids is 1. The van der Waals surface area contributed by atoms with Gasteiger partial charge in [0, 0.05) is 12.6 Å². The summed E-state index contributed by atoms with van der Waals surface area (Å²) in [5.74, 6) is 1.38. The first-order valence-electron chi connectivity index (χ1n) is 9.22. The Morgan fingerprint density at radius 1 is 1.24 bits per heavy atom. The van der Waals surface area contributed by atoms with Crippen molar-refractivity contribution in [2.24, 2.45) is 11.8 Å². The molecule has 0 bridgehead atoms. The average Bonchev–Trinajstić information content (AvgIpc) is 2.58. The zero-order valence-electron chi connectivity index (χ0n) is 15.1. The van der Waals surface area contributed by atoms with Crippen molar-refractivity contribution in [1.82, 2.24) is 4.90 Å². The van der Waals surface area contributed by atoms with Gasteiger partial charge in [-0.2, -0.15) is 0 Å². The van der Waals surface area contributed by atoms with Gasteiger partial charge in [-0.05, 0) is 56.2 Å². The van der Waals surface area contributed by atoms with Crippen molar-refractivity contribution >= 4 is 17.3 Å². The molecule has 1 saturated carbocycles. The highest BCUT2D eigenvalue weighted by molar-refractivity contribution is 5.95. The summed E-state index contributed by atoms with van der Waals surface area (Å²) in [6.07, 6.45) is 6.42. The van der Waals surface area contributed by atoms with Crippen LogP contribution in [0.25, 0.3) is 0 Å². The van der Waals surface area contributed by atoms with Crippen molar-refractivity contribution in [3.05, 3.63) is 33.4 Å². The SMILES string of the molecule is Cc1ccc([N+](=O)[O-])c(NC(=O)CN2CC[C@H]3CCCC[C@@H]3C2)c1C. The third kappa shape index (κ3) is 4.00. The van der Waals surface area contributed by atoms with E-state index in [2.05, 4.69) is 10.2 Å². The molecule has 1 heterocycles. The van der Waals surface area contributed by atoms with Crippen molar-refractivity contribution in [2.45, 2.75) is 46.0 Å². The van der Waals surface area contributed by atoms with Crippen LogP contribution in [0, 0.1) is 35.8 Å². The molecule has 1 aromatic rings. The fraction of sp³-hybridized carbons (Fsp3) is 0.632. The molecule has 136 valence electrons. The largest absolute Gasteiger partial charge is 0.319 e. The lowest BCUT2D eigenvalue weighted by molar-refractivity contribution is -0.384. The Balaban J connectivity index is 1.65. The van der Waals surface area contributed by atoms with Crippen LogP contribution in [0.3, 0.4) is 0 Å². The van der Waals surface area contributed by atoms with Crippen molar-refractivity contribution in [3.63, 3.8) is 0 Å². The molecule has 1 amide bonds. The summed E-state index contributed by atoms with van der Waals surface area (Å²) in [7, 11) is 0. The minimum atomic E-state index is -0.435. The molecule has 2 aliphatic rings. The first kappa shape index (κ1) is 17.9. The number of anilines is 1. The van der Waals surface area contributed by atoms with Gasteiger partial charge >= 0.3 is 0 Å². The van der Waals surface area contributed by atoms with Gasteiger partial charge in [-0.15, -0.1) is 0 Å². The summed E-state index contributed by atoms with van der Waals surface area (Å²) in [5, 5.41) is 14.1. The lowest BCUT2D eigenvalue weighted by atomic mass is 9.75. The molecule has 25 heavy (non-hydrogen) atoms. The molecule has 1 saturated heterocycles. The fourth-order valence-electron chi connectivity index (χ4n) is 4.31. The van der Waals surface area contributed by atoms with Crippen LogP contribution in [0.4, 0.5) is 11.4 Å². The van der Waals surface area contributed by atoms with Gasteiger partial charge in [0.1, 0.15) is 5.69 Å². The number of amides is 1. The first-order chi connectivity index (χ1) is 12.0. The molecular formula is C19H27N3O3. The number of likely N-dealkylation sites (tertiary alicyclic amines) is 1. The number of nitrogens with one attached hydrogen (secondary N) is 1. The number of fused-ring (bicyclic) bond motifs is 1. The molecule has 1 aliphatic carbocycles. The monoisotopic (exact) mass is 345 g/mol. The van der Waals surface area contributed by atoms with Gasteiger partial charge in [0.05, 0.1) is 11.5 Å². The Hall–Kier alpha value is -1.95. The minimum Gasteiger partial charge on any atom is -0.319 e. The quantitative estimate of drug-likeness (QED) is 0.667. The number of nitro benzene ring substituents is 1. The Kier molecular flexibility index (Phi) is 5.37. The first-order valence-corrected chi connectivity index (χ1v) is 9.22. The summed E-state index contributed by atoms with van der Waals surface area (Å²) in [5.41, 5.74) is 1.99. The zero-order chi connectivity index (χ0) is 18.0. The highest BCUT2D eigenvalue weighted by Crippen LogP contribution is 2.36. The van der Waals surface area contributed by atoms with Gasteiger partial charge in [-0.3, -0.25) is 19.8 Å². The van der Waals surface area contributed by atoms with E-state index in [1.165, 1.54) is 38.2 Å². The Morgan fingerprint density at radius 3 is 2.68 bits per heavy atom.